The number of rotatable bonds is 4. The van der Waals surface area contributed by atoms with Gasteiger partial charge in [0.05, 0.1) is 6.61 Å². The van der Waals surface area contributed by atoms with Crippen molar-refractivity contribution in [2.24, 2.45) is 0 Å². The summed E-state index contributed by atoms with van der Waals surface area (Å²) in [7, 11) is 0. The fraction of sp³-hybridized carbons (Fsp3) is 0.692. The van der Waals surface area contributed by atoms with Crippen LogP contribution in [0.3, 0.4) is 0 Å². The minimum Gasteiger partial charge on any atom is -0.478 e. The molecule has 1 aromatic heterocycles. The number of hydrogen-bond donors (Lipinski definition) is 1. The molecule has 104 valence electrons. The van der Waals surface area contributed by atoms with Crippen LogP contribution >= 0.6 is 0 Å². The Morgan fingerprint density at radius 3 is 2.74 bits per heavy atom. The lowest BCUT2D eigenvalue weighted by molar-refractivity contribution is 0.137. The van der Waals surface area contributed by atoms with Crippen LogP contribution in [0.2, 0.25) is 0 Å². The van der Waals surface area contributed by atoms with E-state index in [-0.39, 0.29) is 0 Å². The molecule has 2 fully saturated rings. The summed E-state index contributed by atoms with van der Waals surface area (Å²) >= 11 is 0. The second-order valence-electron chi connectivity index (χ2n) is 4.96. The van der Waals surface area contributed by atoms with Gasteiger partial charge in [0.25, 0.3) is 0 Å². The van der Waals surface area contributed by atoms with Gasteiger partial charge in [0.15, 0.2) is 0 Å². The van der Waals surface area contributed by atoms with Crippen LogP contribution in [0.25, 0.3) is 0 Å². The SMILES string of the molecule is CCOc1ccnc(N2CCN(C3CNC3)CC2)n1. The third-order valence-electron chi connectivity index (χ3n) is 3.78. The second kappa shape index (κ2) is 5.71. The zero-order chi connectivity index (χ0) is 13.1. The summed E-state index contributed by atoms with van der Waals surface area (Å²) in [4.78, 5) is 13.6. The summed E-state index contributed by atoms with van der Waals surface area (Å²) in [6, 6.07) is 2.54. The van der Waals surface area contributed by atoms with Crippen LogP contribution in [-0.2, 0) is 0 Å². The van der Waals surface area contributed by atoms with E-state index in [2.05, 4.69) is 25.1 Å². The Morgan fingerprint density at radius 2 is 2.11 bits per heavy atom. The molecule has 3 rings (SSSR count). The van der Waals surface area contributed by atoms with Crippen LogP contribution in [0.15, 0.2) is 12.3 Å². The number of nitrogens with zero attached hydrogens (tertiary/aromatic N) is 4. The molecule has 0 saturated carbocycles. The highest BCUT2D eigenvalue weighted by Crippen LogP contribution is 2.16. The van der Waals surface area contributed by atoms with Crippen molar-refractivity contribution < 1.29 is 4.74 Å². The number of piperazine rings is 1. The predicted molar refractivity (Wildman–Crippen MR) is 73.6 cm³/mol. The number of hydrogen-bond acceptors (Lipinski definition) is 6. The first kappa shape index (κ1) is 12.6. The fourth-order valence-corrected chi connectivity index (χ4v) is 2.53. The van der Waals surface area contributed by atoms with Crippen LogP contribution in [0.1, 0.15) is 6.92 Å². The summed E-state index contributed by atoms with van der Waals surface area (Å²) in [6.45, 7) is 9.04. The van der Waals surface area contributed by atoms with Gasteiger partial charge in [-0.1, -0.05) is 0 Å². The molecule has 2 saturated heterocycles. The smallest absolute Gasteiger partial charge is 0.228 e. The van der Waals surface area contributed by atoms with Gasteiger partial charge >= 0.3 is 0 Å². The molecule has 0 aromatic carbocycles. The minimum atomic E-state index is 0.638. The third kappa shape index (κ3) is 2.79. The first-order valence-corrected chi connectivity index (χ1v) is 7.02. The lowest BCUT2D eigenvalue weighted by atomic mass is 10.1. The topological polar surface area (TPSA) is 53.5 Å². The molecule has 2 aliphatic heterocycles. The Labute approximate surface area is 113 Å². The van der Waals surface area contributed by atoms with E-state index >= 15 is 0 Å². The molecular formula is C13H21N5O. The van der Waals surface area contributed by atoms with E-state index in [1.807, 2.05) is 13.0 Å². The number of anilines is 1. The molecule has 19 heavy (non-hydrogen) atoms. The molecule has 1 N–H and O–H groups in total. The van der Waals surface area contributed by atoms with Crippen LogP contribution in [-0.4, -0.2) is 66.8 Å². The number of nitrogens with one attached hydrogen (secondary N) is 1. The zero-order valence-electron chi connectivity index (χ0n) is 11.4. The second-order valence-corrected chi connectivity index (χ2v) is 4.96. The van der Waals surface area contributed by atoms with E-state index in [4.69, 9.17) is 4.74 Å². The highest BCUT2D eigenvalue weighted by molar-refractivity contribution is 5.32. The average molecular weight is 263 g/mol. The lowest BCUT2D eigenvalue weighted by Gasteiger charge is -2.43. The van der Waals surface area contributed by atoms with Crippen molar-refractivity contribution in [2.75, 3.05) is 50.8 Å². The van der Waals surface area contributed by atoms with Crippen LogP contribution < -0.4 is 15.0 Å². The average Bonchev–Trinajstić information content (AvgIpc) is 2.38. The monoisotopic (exact) mass is 263 g/mol. The molecule has 2 aliphatic rings. The van der Waals surface area contributed by atoms with Gasteiger partial charge < -0.3 is 15.0 Å². The summed E-state index contributed by atoms with van der Waals surface area (Å²) in [6.07, 6.45) is 1.77. The molecule has 0 unspecified atom stereocenters. The van der Waals surface area contributed by atoms with Crippen molar-refractivity contribution in [1.29, 1.82) is 0 Å². The predicted octanol–water partition coefficient (Wildman–Crippen LogP) is -0.0309. The molecule has 0 atom stereocenters. The van der Waals surface area contributed by atoms with Gasteiger partial charge in [-0.15, -0.1) is 0 Å². The Kier molecular flexibility index (Phi) is 3.79. The summed E-state index contributed by atoms with van der Waals surface area (Å²) in [5.41, 5.74) is 0. The summed E-state index contributed by atoms with van der Waals surface area (Å²) < 4.78 is 5.43. The number of aromatic nitrogens is 2. The van der Waals surface area contributed by atoms with E-state index in [1.54, 1.807) is 6.20 Å². The van der Waals surface area contributed by atoms with E-state index < -0.39 is 0 Å². The summed E-state index contributed by atoms with van der Waals surface area (Å²) in [5, 5.41) is 3.33. The molecule has 0 spiro atoms. The van der Waals surface area contributed by atoms with Gasteiger partial charge in [0, 0.05) is 57.6 Å². The van der Waals surface area contributed by atoms with Crippen molar-refractivity contribution in [2.45, 2.75) is 13.0 Å². The molecule has 0 aliphatic carbocycles. The molecule has 1 aromatic rings. The minimum absolute atomic E-state index is 0.638. The van der Waals surface area contributed by atoms with Crippen LogP contribution in [0, 0.1) is 0 Å². The molecule has 6 nitrogen and oxygen atoms in total. The largest absolute Gasteiger partial charge is 0.478 e. The first-order chi connectivity index (χ1) is 9.36. The van der Waals surface area contributed by atoms with Crippen LogP contribution in [0.4, 0.5) is 5.95 Å². The van der Waals surface area contributed by atoms with E-state index in [1.165, 1.54) is 0 Å². The quantitative estimate of drug-likeness (QED) is 0.823. The lowest BCUT2D eigenvalue weighted by Crippen LogP contribution is -2.61. The molecule has 0 radical (unpaired) electrons. The zero-order valence-corrected chi connectivity index (χ0v) is 11.4. The van der Waals surface area contributed by atoms with E-state index in [9.17, 15) is 0 Å². The fourth-order valence-electron chi connectivity index (χ4n) is 2.53. The highest BCUT2D eigenvalue weighted by Gasteiger charge is 2.28. The van der Waals surface area contributed by atoms with Crippen LogP contribution in [0.5, 0.6) is 5.88 Å². The molecule has 0 amide bonds. The van der Waals surface area contributed by atoms with E-state index in [0.717, 1.165) is 51.3 Å². The van der Waals surface area contributed by atoms with Crippen molar-refractivity contribution in [1.82, 2.24) is 20.2 Å². The Balaban J connectivity index is 1.59. The standard InChI is InChI=1S/C13H21N5O/c1-2-19-12-3-4-15-13(16-12)18-7-5-17(6-8-18)11-9-14-10-11/h3-4,11,14H,2,5-10H2,1H3. The van der Waals surface area contributed by atoms with Gasteiger partial charge in [-0.2, -0.15) is 4.98 Å². The summed E-state index contributed by atoms with van der Waals surface area (Å²) in [5.74, 6) is 1.45. The maximum absolute atomic E-state index is 5.43. The molecular weight excluding hydrogens is 242 g/mol. The normalized spacial score (nSPS) is 21.2. The van der Waals surface area contributed by atoms with Gasteiger partial charge in [-0.3, -0.25) is 4.90 Å². The van der Waals surface area contributed by atoms with Gasteiger partial charge in [0.1, 0.15) is 0 Å². The maximum atomic E-state index is 5.43. The first-order valence-electron chi connectivity index (χ1n) is 7.02. The van der Waals surface area contributed by atoms with Gasteiger partial charge in [0.2, 0.25) is 11.8 Å². The highest BCUT2D eigenvalue weighted by atomic mass is 16.5. The van der Waals surface area contributed by atoms with Crippen molar-refractivity contribution in [3.63, 3.8) is 0 Å². The Morgan fingerprint density at radius 1 is 1.32 bits per heavy atom. The van der Waals surface area contributed by atoms with Gasteiger partial charge in [-0.25, -0.2) is 4.98 Å². The molecule has 3 heterocycles. The van der Waals surface area contributed by atoms with Crippen molar-refractivity contribution in [3.8, 4) is 5.88 Å². The Hall–Kier alpha value is -1.40. The third-order valence-corrected chi connectivity index (χ3v) is 3.78. The van der Waals surface area contributed by atoms with Gasteiger partial charge in [-0.05, 0) is 6.92 Å². The molecule has 6 heteroatoms. The number of ether oxygens (including phenoxy) is 1. The molecule has 0 bridgehead atoms. The van der Waals surface area contributed by atoms with Crippen molar-refractivity contribution in [3.05, 3.63) is 12.3 Å². The van der Waals surface area contributed by atoms with Crippen molar-refractivity contribution >= 4 is 5.95 Å². The Bertz CT molecular complexity index is 415. The maximum Gasteiger partial charge on any atom is 0.228 e. The van der Waals surface area contributed by atoms with E-state index in [0.29, 0.717) is 12.5 Å².